The van der Waals surface area contributed by atoms with Crippen LogP contribution in [0.2, 0.25) is 0 Å². The maximum absolute atomic E-state index is 13.0. The highest BCUT2D eigenvalue weighted by Crippen LogP contribution is 2.32. The Morgan fingerprint density at radius 1 is 1.31 bits per heavy atom. The van der Waals surface area contributed by atoms with Gasteiger partial charge in [0.2, 0.25) is 0 Å². The van der Waals surface area contributed by atoms with Crippen LogP contribution < -0.4 is 0 Å². The lowest BCUT2D eigenvalue weighted by Gasteiger charge is -2.22. The number of aromatic nitrogens is 3. The van der Waals surface area contributed by atoms with Crippen molar-refractivity contribution < 1.29 is 22.5 Å². The summed E-state index contributed by atoms with van der Waals surface area (Å²) >= 11 is 1.24. The monoisotopic (exact) mass is 420 g/mol. The van der Waals surface area contributed by atoms with Crippen molar-refractivity contribution in [3.8, 4) is 11.3 Å². The van der Waals surface area contributed by atoms with Crippen molar-refractivity contribution in [1.29, 1.82) is 0 Å². The molecule has 0 fully saturated rings. The van der Waals surface area contributed by atoms with Crippen LogP contribution in [0.15, 0.2) is 52.7 Å². The first-order valence-electron chi connectivity index (χ1n) is 8.57. The van der Waals surface area contributed by atoms with Crippen molar-refractivity contribution in [2.24, 2.45) is 0 Å². The maximum Gasteiger partial charge on any atom is 0.416 e. The minimum Gasteiger partial charge on any atom is -0.364 e. The summed E-state index contributed by atoms with van der Waals surface area (Å²) in [4.78, 5) is 19.4. The first-order valence-corrected chi connectivity index (χ1v) is 9.45. The summed E-state index contributed by atoms with van der Waals surface area (Å²) in [6.07, 6.45) is -1.43. The average molecular weight is 420 g/mol. The van der Waals surface area contributed by atoms with Crippen LogP contribution in [-0.4, -0.2) is 32.4 Å². The number of halogens is 3. The molecule has 4 rings (SSSR count). The summed E-state index contributed by atoms with van der Waals surface area (Å²) in [5, 5.41) is 5.53. The Morgan fingerprint density at radius 2 is 2.10 bits per heavy atom. The Balaban J connectivity index is 1.67. The van der Waals surface area contributed by atoms with E-state index in [4.69, 9.17) is 4.52 Å². The third-order valence-electron chi connectivity index (χ3n) is 4.70. The molecule has 0 saturated heterocycles. The summed E-state index contributed by atoms with van der Waals surface area (Å²) in [6, 6.07) is 6.32. The van der Waals surface area contributed by atoms with Crippen LogP contribution in [0.1, 0.15) is 34.7 Å². The van der Waals surface area contributed by atoms with Crippen LogP contribution in [0.4, 0.5) is 13.2 Å². The molecule has 3 aromatic heterocycles. The molecule has 0 radical (unpaired) electrons. The summed E-state index contributed by atoms with van der Waals surface area (Å²) < 4.78 is 45.4. The van der Waals surface area contributed by atoms with Gasteiger partial charge in [-0.3, -0.25) is 9.20 Å². The molecule has 0 aliphatic heterocycles. The molecule has 150 valence electrons. The smallest absolute Gasteiger partial charge is 0.364 e. The van der Waals surface area contributed by atoms with E-state index in [1.165, 1.54) is 28.6 Å². The molecule has 0 spiro atoms. The topological polar surface area (TPSA) is 63.6 Å². The zero-order valence-corrected chi connectivity index (χ0v) is 16.2. The molecule has 0 aliphatic carbocycles. The predicted molar refractivity (Wildman–Crippen MR) is 101 cm³/mol. The fraction of sp³-hybridized carbons (Fsp3) is 0.211. The van der Waals surface area contributed by atoms with Crippen molar-refractivity contribution in [3.63, 3.8) is 0 Å². The van der Waals surface area contributed by atoms with E-state index in [0.717, 1.165) is 12.1 Å². The fourth-order valence-corrected chi connectivity index (χ4v) is 3.77. The van der Waals surface area contributed by atoms with Gasteiger partial charge in [0.25, 0.3) is 5.91 Å². The molecule has 10 heteroatoms. The van der Waals surface area contributed by atoms with Gasteiger partial charge in [-0.1, -0.05) is 17.3 Å². The van der Waals surface area contributed by atoms with Gasteiger partial charge in [-0.25, -0.2) is 4.98 Å². The summed E-state index contributed by atoms with van der Waals surface area (Å²) in [5.74, 6) is -0.264. The molecular weight excluding hydrogens is 405 g/mol. The van der Waals surface area contributed by atoms with Crippen LogP contribution in [0.25, 0.3) is 16.2 Å². The van der Waals surface area contributed by atoms with Crippen molar-refractivity contribution in [2.45, 2.75) is 19.1 Å². The minimum atomic E-state index is -4.44. The fourth-order valence-electron chi connectivity index (χ4n) is 2.92. The number of fused-ring (bicyclic) bond motifs is 1. The molecule has 0 N–H and O–H groups in total. The Labute approximate surface area is 167 Å². The molecule has 3 heterocycles. The van der Waals surface area contributed by atoms with Crippen molar-refractivity contribution in [1.82, 2.24) is 19.4 Å². The van der Waals surface area contributed by atoms with Crippen molar-refractivity contribution >= 4 is 22.2 Å². The second-order valence-electron chi connectivity index (χ2n) is 6.49. The predicted octanol–water partition coefficient (Wildman–Crippen LogP) is 4.90. The second kappa shape index (κ2) is 7.03. The lowest BCUT2D eigenvalue weighted by Crippen LogP contribution is -2.30. The highest BCUT2D eigenvalue weighted by Gasteiger charge is 2.31. The first-order chi connectivity index (χ1) is 13.8. The first kappa shape index (κ1) is 19.2. The Hall–Kier alpha value is -3.14. The number of nitrogens with zero attached hydrogens (tertiary/aromatic N) is 4. The number of carbonyl (C=O) groups is 1. The quantitative estimate of drug-likeness (QED) is 0.471. The van der Waals surface area contributed by atoms with Gasteiger partial charge in [0, 0.05) is 30.3 Å². The normalized spacial score (nSPS) is 13.0. The van der Waals surface area contributed by atoms with Crippen LogP contribution in [0.3, 0.4) is 0 Å². The number of hydrogen-bond donors (Lipinski definition) is 0. The Bertz CT molecular complexity index is 1160. The van der Waals surface area contributed by atoms with E-state index in [-0.39, 0.29) is 11.9 Å². The number of rotatable bonds is 4. The highest BCUT2D eigenvalue weighted by molar-refractivity contribution is 7.15. The number of amides is 1. The van der Waals surface area contributed by atoms with E-state index >= 15 is 0 Å². The van der Waals surface area contributed by atoms with E-state index in [2.05, 4.69) is 10.1 Å². The van der Waals surface area contributed by atoms with Gasteiger partial charge < -0.3 is 9.42 Å². The summed E-state index contributed by atoms with van der Waals surface area (Å²) in [7, 11) is 1.65. The number of benzene rings is 1. The number of thiazole rings is 1. The standard InChI is InChI=1S/C19H15F3N4O2S/c1-11(14-6-7-28-24-14)25(2)17(27)16-10-29-18-23-15(9-26(16)18)12-4-3-5-13(8-12)19(20,21)22/h3-11H,1-2H3. The second-order valence-corrected chi connectivity index (χ2v) is 7.33. The molecule has 0 saturated carbocycles. The van der Waals surface area contributed by atoms with Crippen molar-refractivity contribution in [3.05, 3.63) is 65.1 Å². The molecule has 0 bridgehead atoms. The van der Waals surface area contributed by atoms with E-state index in [0.29, 0.717) is 27.6 Å². The Kier molecular flexibility index (Phi) is 4.65. The van der Waals surface area contributed by atoms with Crippen molar-refractivity contribution in [2.75, 3.05) is 7.05 Å². The molecule has 1 amide bonds. The molecule has 6 nitrogen and oxygen atoms in total. The zero-order chi connectivity index (χ0) is 20.8. The van der Waals surface area contributed by atoms with Gasteiger partial charge in [-0.15, -0.1) is 11.3 Å². The Morgan fingerprint density at radius 3 is 2.79 bits per heavy atom. The number of carbonyl (C=O) groups excluding carboxylic acids is 1. The maximum atomic E-state index is 13.0. The van der Waals surface area contributed by atoms with Gasteiger partial charge in [-0.05, 0) is 19.1 Å². The molecule has 4 aromatic rings. The third kappa shape index (κ3) is 3.51. The molecule has 0 aliphatic rings. The van der Waals surface area contributed by atoms with Crippen LogP contribution >= 0.6 is 11.3 Å². The van der Waals surface area contributed by atoms with E-state index in [9.17, 15) is 18.0 Å². The zero-order valence-electron chi connectivity index (χ0n) is 15.3. The van der Waals surface area contributed by atoms with Gasteiger partial charge in [0.1, 0.15) is 17.7 Å². The van der Waals surface area contributed by atoms with Gasteiger partial charge in [-0.2, -0.15) is 13.2 Å². The van der Waals surface area contributed by atoms with Gasteiger partial charge >= 0.3 is 6.18 Å². The molecule has 29 heavy (non-hydrogen) atoms. The van der Waals surface area contributed by atoms with Crippen LogP contribution in [0.5, 0.6) is 0 Å². The SMILES string of the molecule is CC(c1ccon1)N(C)C(=O)c1csc2nc(-c3cccc(C(F)(F)F)c3)cn12. The number of hydrogen-bond acceptors (Lipinski definition) is 5. The molecule has 1 unspecified atom stereocenters. The molecule has 1 aromatic carbocycles. The average Bonchev–Trinajstić information content (AvgIpc) is 3.42. The minimum absolute atomic E-state index is 0.264. The van der Waals surface area contributed by atoms with Crippen LogP contribution in [-0.2, 0) is 6.18 Å². The molecular formula is C19H15F3N4O2S. The summed E-state index contributed by atoms with van der Waals surface area (Å²) in [5.41, 5.74) is 0.933. The van der Waals surface area contributed by atoms with Crippen LogP contribution in [0, 0.1) is 0 Å². The lowest BCUT2D eigenvalue weighted by molar-refractivity contribution is -0.137. The largest absolute Gasteiger partial charge is 0.416 e. The van der Waals surface area contributed by atoms with E-state index in [1.807, 2.05) is 6.92 Å². The summed E-state index contributed by atoms with van der Waals surface area (Å²) in [6.45, 7) is 1.82. The van der Waals surface area contributed by atoms with E-state index < -0.39 is 11.7 Å². The number of alkyl halides is 3. The van der Waals surface area contributed by atoms with Gasteiger partial charge in [0.05, 0.1) is 17.3 Å². The highest BCUT2D eigenvalue weighted by atomic mass is 32.1. The third-order valence-corrected chi connectivity index (χ3v) is 5.54. The lowest BCUT2D eigenvalue weighted by atomic mass is 10.1. The van der Waals surface area contributed by atoms with E-state index in [1.54, 1.807) is 35.2 Å². The number of imidazole rings is 1. The molecule has 1 atom stereocenters. The van der Waals surface area contributed by atoms with Gasteiger partial charge in [0.15, 0.2) is 4.96 Å².